The number of carboxylic acids is 1. The van der Waals surface area contributed by atoms with Crippen molar-refractivity contribution in [1.82, 2.24) is 10.2 Å². The number of aromatic nitrogens is 2. The van der Waals surface area contributed by atoms with E-state index in [4.69, 9.17) is 27.9 Å². The van der Waals surface area contributed by atoms with E-state index >= 15 is 0 Å². The highest BCUT2D eigenvalue weighted by Crippen LogP contribution is 2.41. The zero-order valence-corrected chi connectivity index (χ0v) is 12.9. The number of nitrogens with one attached hydrogen (secondary N) is 1. The molecule has 3 rings (SSSR count). The Morgan fingerprint density at radius 2 is 2.09 bits per heavy atom. The number of carbonyl (C=O) groups is 1. The smallest absolute Gasteiger partial charge is 0.336 e. The summed E-state index contributed by atoms with van der Waals surface area (Å²) in [4.78, 5) is 11.5. The summed E-state index contributed by atoms with van der Waals surface area (Å²) in [6, 6.07) is 8.11. The van der Waals surface area contributed by atoms with Gasteiger partial charge in [-0.05, 0) is 24.3 Å². The quantitative estimate of drug-likeness (QED) is 0.749. The molecule has 2 aromatic carbocycles. The maximum absolute atomic E-state index is 11.5. The number of rotatable bonds is 3. The van der Waals surface area contributed by atoms with Gasteiger partial charge in [0.05, 0.1) is 23.2 Å². The third-order valence-corrected chi connectivity index (χ3v) is 3.79. The van der Waals surface area contributed by atoms with Crippen molar-refractivity contribution in [2.45, 2.75) is 0 Å². The minimum absolute atomic E-state index is 0.138. The summed E-state index contributed by atoms with van der Waals surface area (Å²) in [7, 11) is 1.48. The lowest BCUT2D eigenvalue weighted by Crippen LogP contribution is -1.98. The van der Waals surface area contributed by atoms with Gasteiger partial charge in [-0.1, -0.05) is 29.3 Å². The SMILES string of the molecule is COc1c(Cl)cc(Cl)cc1-c1n[nH]c2cccc(C(=O)O)c12. The van der Waals surface area contributed by atoms with Gasteiger partial charge in [-0.2, -0.15) is 5.10 Å². The zero-order chi connectivity index (χ0) is 15.9. The molecule has 0 atom stereocenters. The summed E-state index contributed by atoms with van der Waals surface area (Å²) in [6.45, 7) is 0. The molecule has 0 saturated heterocycles. The van der Waals surface area contributed by atoms with E-state index in [9.17, 15) is 9.90 Å². The van der Waals surface area contributed by atoms with Crippen LogP contribution in [0.2, 0.25) is 10.0 Å². The van der Waals surface area contributed by atoms with Crippen molar-refractivity contribution in [1.29, 1.82) is 0 Å². The number of hydrogen-bond acceptors (Lipinski definition) is 3. The van der Waals surface area contributed by atoms with Crippen molar-refractivity contribution in [3.05, 3.63) is 45.9 Å². The first-order chi connectivity index (χ1) is 10.5. The Morgan fingerprint density at radius 3 is 2.77 bits per heavy atom. The largest absolute Gasteiger partial charge is 0.494 e. The van der Waals surface area contributed by atoms with Gasteiger partial charge >= 0.3 is 5.97 Å². The molecule has 0 saturated carbocycles. The van der Waals surface area contributed by atoms with Crippen molar-refractivity contribution in [3.8, 4) is 17.0 Å². The van der Waals surface area contributed by atoms with Crippen LogP contribution in [-0.4, -0.2) is 28.4 Å². The van der Waals surface area contributed by atoms with Gasteiger partial charge in [-0.25, -0.2) is 4.79 Å². The fourth-order valence-corrected chi connectivity index (χ4v) is 2.96. The number of aromatic carboxylic acids is 1. The van der Waals surface area contributed by atoms with Crippen molar-refractivity contribution < 1.29 is 14.6 Å². The first kappa shape index (κ1) is 14.7. The van der Waals surface area contributed by atoms with Crippen LogP contribution >= 0.6 is 23.2 Å². The lowest BCUT2D eigenvalue weighted by atomic mass is 10.0. The predicted octanol–water partition coefficient (Wildman–Crippen LogP) is 4.24. The van der Waals surface area contributed by atoms with E-state index < -0.39 is 5.97 Å². The molecule has 22 heavy (non-hydrogen) atoms. The van der Waals surface area contributed by atoms with Gasteiger partial charge in [-0.15, -0.1) is 0 Å². The molecule has 0 radical (unpaired) electrons. The zero-order valence-electron chi connectivity index (χ0n) is 11.4. The van der Waals surface area contributed by atoms with E-state index in [2.05, 4.69) is 10.2 Å². The molecule has 0 bridgehead atoms. The molecule has 2 N–H and O–H groups in total. The Kier molecular flexibility index (Phi) is 3.68. The predicted molar refractivity (Wildman–Crippen MR) is 85.1 cm³/mol. The fraction of sp³-hybridized carbons (Fsp3) is 0.0667. The summed E-state index contributed by atoms with van der Waals surface area (Å²) < 4.78 is 5.31. The number of ether oxygens (including phenoxy) is 1. The number of methoxy groups -OCH3 is 1. The van der Waals surface area contributed by atoms with Crippen molar-refractivity contribution >= 4 is 40.1 Å². The van der Waals surface area contributed by atoms with Crippen LogP contribution in [0, 0.1) is 0 Å². The van der Waals surface area contributed by atoms with Crippen molar-refractivity contribution in [3.63, 3.8) is 0 Å². The second kappa shape index (κ2) is 5.51. The minimum Gasteiger partial charge on any atom is -0.494 e. The van der Waals surface area contributed by atoms with Crippen LogP contribution in [0.25, 0.3) is 22.2 Å². The van der Waals surface area contributed by atoms with Crippen LogP contribution in [0.3, 0.4) is 0 Å². The first-order valence-corrected chi connectivity index (χ1v) is 7.02. The van der Waals surface area contributed by atoms with Gasteiger partial charge < -0.3 is 9.84 Å². The van der Waals surface area contributed by atoms with E-state index in [1.807, 2.05) is 0 Å². The molecule has 7 heteroatoms. The Balaban J connectivity index is 2.39. The molecular weight excluding hydrogens is 327 g/mol. The first-order valence-electron chi connectivity index (χ1n) is 6.26. The molecule has 5 nitrogen and oxygen atoms in total. The molecule has 112 valence electrons. The highest BCUT2D eigenvalue weighted by atomic mass is 35.5. The molecular formula is C15H10Cl2N2O3. The number of hydrogen-bond donors (Lipinski definition) is 2. The molecule has 0 fully saturated rings. The molecule has 0 aliphatic heterocycles. The maximum Gasteiger partial charge on any atom is 0.336 e. The topological polar surface area (TPSA) is 75.2 Å². The van der Waals surface area contributed by atoms with Gasteiger partial charge in [-0.3, -0.25) is 5.10 Å². The summed E-state index contributed by atoms with van der Waals surface area (Å²) in [5.74, 6) is -0.653. The molecule has 1 aromatic heterocycles. The molecule has 3 aromatic rings. The number of H-pyrrole nitrogens is 1. The number of carboxylic acid groups (broad SMARTS) is 1. The van der Waals surface area contributed by atoms with Crippen LogP contribution in [0.15, 0.2) is 30.3 Å². The summed E-state index contributed by atoms with van der Waals surface area (Å²) in [6.07, 6.45) is 0. The molecule has 0 unspecified atom stereocenters. The standard InChI is InChI=1S/C15H10Cl2N2O3/c1-22-14-9(5-7(16)6-10(14)17)13-12-8(15(20)21)3-2-4-11(12)18-19-13/h2-6H,1H3,(H,18,19)(H,20,21). The summed E-state index contributed by atoms with van der Waals surface area (Å²) in [5.41, 5.74) is 1.70. The monoisotopic (exact) mass is 336 g/mol. The van der Waals surface area contributed by atoms with E-state index in [-0.39, 0.29) is 5.56 Å². The number of aromatic amines is 1. The number of fused-ring (bicyclic) bond motifs is 1. The van der Waals surface area contributed by atoms with Crippen LogP contribution < -0.4 is 4.74 Å². The molecule has 0 aliphatic rings. The highest BCUT2D eigenvalue weighted by Gasteiger charge is 2.20. The number of halogens is 2. The fourth-order valence-electron chi connectivity index (χ4n) is 2.39. The summed E-state index contributed by atoms with van der Waals surface area (Å²) >= 11 is 12.2. The van der Waals surface area contributed by atoms with Gasteiger partial charge in [0, 0.05) is 16.0 Å². The highest BCUT2D eigenvalue weighted by molar-refractivity contribution is 6.36. The van der Waals surface area contributed by atoms with Crippen molar-refractivity contribution in [2.24, 2.45) is 0 Å². The molecule has 0 amide bonds. The summed E-state index contributed by atoms with van der Waals surface area (Å²) in [5, 5.41) is 17.6. The Hall–Kier alpha value is -2.24. The van der Waals surface area contributed by atoms with E-state index in [0.717, 1.165) is 0 Å². The second-order valence-corrected chi connectivity index (χ2v) is 5.42. The Bertz CT molecular complexity index is 890. The number of benzene rings is 2. The van der Waals surface area contributed by atoms with Crippen LogP contribution in [0.5, 0.6) is 5.75 Å². The molecule has 1 heterocycles. The molecule has 0 aliphatic carbocycles. The van der Waals surface area contributed by atoms with Gasteiger partial charge in [0.15, 0.2) is 0 Å². The van der Waals surface area contributed by atoms with Crippen LogP contribution in [0.4, 0.5) is 0 Å². The minimum atomic E-state index is -1.04. The molecule has 0 spiro atoms. The Labute approximate surface area is 135 Å². The average molecular weight is 337 g/mol. The van der Waals surface area contributed by atoms with Gasteiger partial charge in [0.25, 0.3) is 0 Å². The van der Waals surface area contributed by atoms with Gasteiger partial charge in [0.1, 0.15) is 11.4 Å². The third-order valence-electron chi connectivity index (χ3n) is 3.29. The Morgan fingerprint density at radius 1 is 1.32 bits per heavy atom. The normalized spacial score (nSPS) is 10.9. The average Bonchev–Trinajstić information content (AvgIpc) is 2.90. The van der Waals surface area contributed by atoms with Gasteiger partial charge in [0.2, 0.25) is 0 Å². The lowest BCUT2D eigenvalue weighted by molar-refractivity contribution is 0.0699. The van der Waals surface area contributed by atoms with Crippen LogP contribution in [-0.2, 0) is 0 Å². The maximum atomic E-state index is 11.5. The van der Waals surface area contributed by atoms with E-state index in [0.29, 0.717) is 38.0 Å². The second-order valence-electron chi connectivity index (χ2n) is 4.57. The van der Waals surface area contributed by atoms with Crippen molar-refractivity contribution in [2.75, 3.05) is 7.11 Å². The third kappa shape index (κ3) is 2.28. The van der Waals surface area contributed by atoms with E-state index in [1.165, 1.54) is 13.2 Å². The lowest BCUT2D eigenvalue weighted by Gasteiger charge is -2.10. The number of nitrogens with zero attached hydrogens (tertiary/aromatic N) is 1. The van der Waals surface area contributed by atoms with E-state index in [1.54, 1.807) is 24.3 Å². The van der Waals surface area contributed by atoms with Crippen LogP contribution in [0.1, 0.15) is 10.4 Å².